The molecule has 0 aromatic rings. The van der Waals surface area contributed by atoms with Crippen LogP contribution >= 0.6 is 11.3 Å². The van der Waals surface area contributed by atoms with Crippen LogP contribution in [0.2, 0.25) is 0 Å². The van der Waals surface area contributed by atoms with Crippen LogP contribution in [0.1, 0.15) is 5.56 Å². The molecule has 0 atom stereocenters. The van der Waals surface area contributed by atoms with Gasteiger partial charge in [0.05, 0.1) is 6.61 Å². The third-order valence-electron chi connectivity index (χ3n) is 2.22. The van der Waals surface area contributed by atoms with E-state index >= 15 is 0 Å². The quantitative estimate of drug-likeness (QED) is 0.696. The topological polar surface area (TPSA) is 9.23 Å². The maximum absolute atomic E-state index is 5.22. The summed E-state index contributed by atoms with van der Waals surface area (Å²) in [5.74, 6) is 0. The minimum Gasteiger partial charge on any atom is -0.381 e. The molecule has 1 aliphatic heterocycles. The number of fused-ring (bicyclic) bond motifs is 1. The molecule has 0 N–H and O–H groups in total. The van der Waals surface area contributed by atoms with Crippen LogP contribution in [0, 0.1) is 6.92 Å². The molecule has 0 spiro atoms. The first-order valence-corrected chi connectivity index (χ1v) is 5.66. The molecule has 0 unspecified atom stereocenters. The summed E-state index contributed by atoms with van der Waals surface area (Å²) in [7, 11) is 0. The Balaban J connectivity index is 2.08. The summed E-state index contributed by atoms with van der Waals surface area (Å²) in [6, 6.07) is 6.62. The number of hydrogen-bond acceptors (Lipinski definition) is 2. The molecule has 0 amide bonds. The van der Waals surface area contributed by atoms with E-state index < -0.39 is 0 Å². The van der Waals surface area contributed by atoms with E-state index in [1.165, 1.54) is 16.7 Å². The lowest BCUT2D eigenvalue weighted by molar-refractivity contribution is 0.164. The summed E-state index contributed by atoms with van der Waals surface area (Å²) < 4.78 is 5.22. The highest BCUT2D eigenvalue weighted by Crippen LogP contribution is 2.27. The Morgan fingerprint density at radius 2 is 2.14 bits per heavy atom. The van der Waals surface area contributed by atoms with Crippen molar-refractivity contribution in [1.82, 2.24) is 0 Å². The van der Waals surface area contributed by atoms with Gasteiger partial charge >= 0.3 is 0 Å². The van der Waals surface area contributed by atoms with Crippen molar-refractivity contribution < 1.29 is 4.74 Å². The molecule has 1 heterocycles. The van der Waals surface area contributed by atoms with Crippen molar-refractivity contribution in [2.24, 2.45) is 0 Å². The van der Waals surface area contributed by atoms with Gasteiger partial charge in [0.25, 0.3) is 0 Å². The maximum Gasteiger partial charge on any atom is 0.0506 e. The van der Waals surface area contributed by atoms with Gasteiger partial charge in [0.15, 0.2) is 0 Å². The van der Waals surface area contributed by atoms with Gasteiger partial charge in [-0.25, -0.2) is 0 Å². The average molecular weight is 205 g/mol. The Kier molecular flexibility index (Phi) is 3.17. The van der Waals surface area contributed by atoms with Crippen molar-refractivity contribution in [2.75, 3.05) is 13.2 Å². The highest BCUT2D eigenvalue weighted by molar-refractivity contribution is 7.07. The van der Waals surface area contributed by atoms with Gasteiger partial charge in [-0.15, -0.1) is 0 Å². The minimum absolute atomic E-state index is 0.558. The molecule has 1 nitrogen and oxygen atoms in total. The van der Waals surface area contributed by atoms with Crippen molar-refractivity contribution in [1.29, 1.82) is 0 Å². The van der Waals surface area contributed by atoms with Gasteiger partial charge in [-0.1, -0.05) is 12.1 Å². The second-order valence-corrected chi connectivity index (χ2v) is 3.97. The van der Waals surface area contributed by atoms with Crippen LogP contribution in [0.5, 0.6) is 0 Å². The molecule has 2 aliphatic rings. The van der Waals surface area contributed by atoms with Crippen LogP contribution in [0.25, 0.3) is 11.1 Å². The second kappa shape index (κ2) is 4.58. The Labute approximate surface area is 88.7 Å². The van der Waals surface area contributed by atoms with Gasteiger partial charge in [0, 0.05) is 6.61 Å². The zero-order valence-corrected chi connectivity index (χ0v) is 8.85. The summed E-state index contributed by atoms with van der Waals surface area (Å²) in [6.45, 7) is 4.96. The Hall–Kier alpha value is -0.860. The number of hydrogen-bond donors (Lipinski definition) is 0. The molecule has 0 aromatic heterocycles. The molecule has 1 aliphatic carbocycles. The van der Waals surface area contributed by atoms with Crippen LogP contribution in [-0.4, -0.2) is 13.2 Å². The molecule has 2 heteroatoms. The maximum atomic E-state index is 5.22. The van der Waals surface area contributed by atoms with Gasteiger partial charge in [-0.2, -0.15) is 11.3 Å². The molecule has 14 heavy (non-hydrogen) atoms. The van der Waals surface area contributed by atoms with Gasteiger partial charge in [0.1, 0.15) is 0 Å². The third kappa shape index (κ3) is 2.14. The van der Waals surface area contributed by atoms with Crippen molar-refractivity contribution in [2.45, 2.75) is 6.42 Å². The summed E-state index contributed by atoms with van der Waals surface area (Å²) >= 11 is 1.73. The van der Waals surface area contributed by atoms with E-state index in [1.54, 1.807) is 11.3 Å². The predicted molar refractivity (Wildman–Crippen MR) is 60.8 cm³/mol. The summed E-state index contributed by atoms with van der Waals surface area (Å²) in [4.78, 5) is 0. The molecule has 0 aromatic carbocycles. The van der Waals surface area contributed by atoms with Crippen LogP contribution in [-0.2, 0) is 11.2 Å². The van der Waals surface area contributed by atoms with Gasteiger partial charge in [-0.05, 0) is 46.9 Å². The second-order valence-electron chi connectivity index (χ2n) is 3.19. The van der Waals surface area contributed by atoms with Gasteiger partial charge in [0.2, 0.25) is 0 Å². The van der Waals surface area contributed by atoms with E-state index in [4.69, 9.17) is 4.74 Å². The molecule has 0 saturated heterocycles. The van der Waals surface area contributed by atoms with Crippen LogP contribution in [0.15, 0.2) is 29.0 Å². The SMILES string of the molecule is [CH2]COCCc1cc2ccscc-2c1. The van der Waals surface area contributed by atoms with E-state index in [0.717, 1.165) is 13.0 Å². The molecule has 0 fully saturated rings. The molecule has 73 valence electrons. The molecular weight excluding hydrogens is 192 g/mol. The molecule has 2 rings (SSSR count). The molecular formula is C12H13OS. The average Bonchev–Trinajstić information content (AvgIpc) is 2.60. The molecule has 0 bridgehead atoms. The van der Waals surface area contributed by atoms with E-state index in [9.17, 15) is 0 Å². The van der Waals surface area contributed by atoms with Crippen molar-refractivity contribution in [3.8, 4) is 11.1 Å². The smallest absolute Gasteiger partial charge is 0.0506 e. The standard InChI is InChI=1S/C12H13OS/c1-2-13-5-3-10-7-11-4-6-14-9-12(11)8-10/h4,6-9H,1-3,5H2. The lowest BCUT2D eigenvalue weighted by Crippen LogP contribution is -1.96. The summed E-state index contributed by atoms with van der Waals surface area (Å²) in [5, 5.41) is 4.29. The zero-order valence-electron chi connectivity index (χ0n) is 8.03. The number of rotatable bonds is 4. The first-order valence-electron chi connectivity index (χ1n) is 4.72. The van der Waals surface area contributed by atoms with Crippen molar-refractivity contribution in [3.05, 3.63) is 41.4 Å². The molecule has 1 radical (unpaired) electrons. The molecule has 0 saturated carbocycles. The Morgan fingerprint density at radius 1 is 1.29 bits per heavy atom. The van der Waals surface area contributed by atoms with Gasteiger partial charge in [-0.3, -0.25) is 0 Å². The third-order valence-corrected chi connectivity index (χ3v) is 2.90. The largest absolute Gasteiger partial charge is 0.381 e. The predicted octanol–water partition coefficient (Wildman–Crippen LogP) is 3.25. The zero-order chi connectivity index (χ0) is 9.80. The van der Waals surface area contributed by atoms with E-state index in [-0.39, 0.29) is 0 Å². The van der Waals surface area contributed by atoms with Crippen LogP contribution in [0.4, 0.5) is 0 Å². The fourth-order valence-electron chi connectivity index (χ4n) is 1.52. The summed E-state index contributed by atoms with van der Waals surface area (Å²) in [6.07, 6.45) is 0.981. The fraction of sp³-hybridized carbons (Fsp3) is 0.250. The normalized spacial score (nSPS) is 10.9. The highest BCUT2D eigenvalue weighted by atomic mass is 32.1. The van der Waals surface area contributed by atoms with Gasteiger partial charge < -0.3 is 4.74 Å². The Bertz CT molecular complexity index is 337. The van der Waals surface area contributed by atoms with E-state index in [0.29, 0.717) is 6.61 Å². The highest BCUT2D eigenvalue weighted by Gasteiger charge is 2.04. The summed E-state index contributed by atoms with van der Waals surface area (Å²) in [5.41, 5.74) is 4.02. The van der Waals surface area contributed by atoms with Crippen LogP contribution in [0.3, 0.4) is 0 Å². The number of ether oxygens (including phenoxy) is 1. The first-order chi connectivity index (χ1) is 6.90. The van der Waals surface area contributed by atoms with Crippen molar-refractivity contribution >= 4 is 11.3 Å². The minimum atomic E-state index is 0.558. The van der Waals surface area contributed by atoms with Crippen molar-refractivity contribution in [3.63, 3.8) is 0 Å². The monoisotopic (exact) mass is 205 g/mol. The Morgan fingerprint density at radius 3 is 2.93 bits per heavy atom. The van der Waals surface area contributed by atoms with E-state index in [1.807, 2.05) is 0 Å². The van der Waals surface area contributed by atoms with Crippen LogP contribution < -0.4 is 0 Å². The lowest BCUT2D eigenvalue weighted by Gasteiger charge is -1.97. The van der Waals surface area contributed by atoms with E-state index in [2.05, 4.69) is 35.9 Å². The lowest BCUT2D eigenvalue weighted by atomic mass is 10.2. The fourth-order valence-corrected chi connectivity index (χ4v) is 2.17. The first kappa shape index (κ1) is 9.69.